The van der Waals surface area contributed by atoms with Gasteiger partial charge in [0.15, 0.2) is 0 Å². The molecule has 0 spiro atoms. The molecule has 0 saturated carbocycles. The molecule has 0 heterocycles. The second kappa shape index (κ2) is 3.92. The molecule has 0 aromatic heterocycles. The monoisotopic (exact) mass is 162 g/mol. The van der Waals surface area contributed by atoms with Crippen LogP contribution in [0.5, 0.6) is 0 Å². The molecule has 0 bridgehead atoms. The van der Waals surface area contributed by atoms with Crippen LogP contribution in [0.25, 0.3) is 0 Å². The predicted octanol–water partition coefficient (Wildman–Crippen LogP) is 2.83. The van der Waals surface area contributed by atoms with Crippen LogP contribution >= 0.6 is 0 Å². The van der Waals surface area contributed by atoms with Crippen molar-refractivity contribution in [2.24, 2.45) is 5.92 Å². The van der Waals surface area contributed by atoms with Crippen molar-refractivity contribution in [1.29, 1.82) is 0 Å². The molecule has 0 aliphatic carbocycles. The maximum atomic E-state index is 12.9. The molecule has 1 heteroatoms. The van der Waals surface area contributed by atoms with Crippen molar-refractivity contribution in [2.75, 3.05) is 0 Å². The van der Waals surface area contributed by atoms with E-state index in [2.05, 4.69) is 11.8 Å². The lowest BCUT2D eigenvalue weighted by molar-refractivity contribution is 0.624. The maximum Gasteiger partial charge on any atom is 0.138 e. The highest BCUT2D eigenvalue weighted by molar-refractivity contribution is 5.35. The highest BCUT2D eigenvalue weighted by Gasteiger charge is 1.94. The lowest BCUT2D eigenvalue weighted by Crippen LogP contribution is -1.83. The van der Waals surface area contributed by atoms with Gasteiger partial charge >= 0.3 is 0 Å². The fourth-order valence-corrected chi connectivity index (χ4v) is 0.785. The average molecular weight is 162 g/mol. The van der Waals surface area contributed by atoms with E-state index in [-0.39, 0.29) is 11.7 Å². The van der Waals surface area contributed by atoms with E-state index in [1.165, 1.54) is 6.07 Å². The summed E-state index contributed by atoms with van der Waals surface area (Å²) in [5, 5.41) is 0. The molecule has 0 fully saturated rings. The molecule has 0 saturated heterocycles. The summed E-state index contributed by atoms with van der Waals surface area (Å²) < 4.78 is 12.9. The van der Waals surface area contributed by atoms with Crippen molar-refractivity contribution in [3.05, 3.63) is 35.6 Å². The van der Waals surface area contributed by atoms with Crippen molar-refractivity contribution in [1.82, 2.24) is 0 Å². The minimum Gasteiger partial charge on any atom is -0.206 e. The van der Waals surface area contributed by atoms with Crippen molar-refractivity contribution >= 4 is 0 Å². The van der Waals surface area contributed by atoms with Gasteiger partial charge in [0.05, 0.1) is 5.56 Å². The lowest BCUT2D eigenvalue weighted by Gasteiger charge is -1.92. The van der Waals surface area contributed by atoms with Gasteiger partial charge in [-0.3, -0.25) is 0 Å². The Hall–Kier alpha value is -1.29. The largest absolute Gasteiger partial charge is 0.206 e. The Kier molecular flexibility index (Phi) is 2.88. The fourth-order valence-electron chi connectivity index (χ4n) is 0.785. The van der Waals surface area contributed by atoms with Crippen LogP contribution in [0.4, 0.5) is 4.39 Å². The second-order valence-corrected chi connectivity index (χ2v) is 2.90. The molecule has 0 aliphatic heterocycles. The van der Waals surface area contributed by atoms with Crippen LogP contribution in [-0.4, -0.2) is 0 Å². The van der Waals surface area contributed by atoms with E-state index in [9.17, 15) is 4.39 Å². The molecule has 0 nitrogen and oxygen atoms in total. The van der Waals surface area contributed by atoms with Crippen molar-refractivity contribution < 1.29 is 4.39 Å². The van der Waals surface area contributed by atoms with Gasteiger partial charge in [0.25, 0.3) is 0 Å². The van der Waals surface area contributed by atoms with Crippen molar-refractivity contribution in [2.45, 2.75) is 13.8 Å². The fraction of sp³-hybridized carbons (Fsp3) is 0.273. The average Bonchev–Trinajstić information content (AvgIpc) is 2.03. The number of hydrogen-bond acceptors (Lipinski definition) is 0. The van der Waals surface area contributed by atoms with Crippen LogP contribution in [0.2, 0.25) is 0 Å². The Balaban J connectivity index is 2.92. The standard InChI is InChI=1S/C11H11F/c1-9(2)7-8-10-5-3-4-6-11(10)12/h3-6,9H,1-2H3. The van der Waals surface area contributed by atoms with Crippen LogP contribution in [0, 0.1) is 23.6 Å². The van der Waals surface area contributed by atoms with Crippen LogP contribution in [0.15, 0.2) is 24.3 Å². The summed E-state index contributed by atoms with van der Waals surface area (Å²) in [7, 11) is 0. The molecule has 0 atom stereocenters. The first kappa shape index (κ1) is 8.80. The maximum absolute atomic E-state index is 12.9. The minimum atomic E-state index is -0.245. The van der Waals surface area contributed by atoms with Gasteiger partial charge in [-0.25, -0.2) is 4.39 Å². The zero-order chi connectivity index (χ0) is 8.97. The summed E-state index contributed by atoms with van der Waals surface area (Å²) in [6, 6.07) is 6.55. The van der Waals surface area contributed by atoms with Gasteiger partial charge in [0, 0.05) is 5.92 Å². The number of halogens is 1. The lowest BCUT2D eigenvalue weighted by atomic mass is 10.2. The first-order valence-electron chi connectivity index (χ1n) is 3.96. The van der Waals surface area contributed by atoms with Gasteiger partial charge in [-0.15, -0.1) is 0 Å². The summed E-state index contributed by atoms with van der Waals surface area (Å²) in [5.74, 6) is 5.74. The molecule has 0 radical (unpaired) electrons. The number of benzene rings is 1. The first-order valence-corrected chi connectivity index (χ1v) is 3.96. The zero-order valence-electron chi connectivity index (χ0n) is 7.26. The molecular weight excluding hydrogens is 151 g/mol. The van der Waals surface area contributed by atoms with E-state index >= 15 is 0 Å². The number of hydrogen-bond donors (Lipinski definition) is 0. The van der Waals surface area contributed by atoms with Gasteiger partial charge in [0.2, 0.25) is 0 Å². The van der Waals surface area contributed by atoms with Gasteiger partial charge in [-0.1, -0.05) is 37.8 Å². The molecule has 1 aromatic rings. The summed E-state index contributed by atoms with van der Waals surface area (Å²) in [6.45, 7) is 3.96. The smallest absolute Gasteiger partial charge is 0.138 e. The normalized spacial score (nSPS) is 9.33. The predicted molar refractivity (Wildman–Crippen MR) is 48.1 cm³/mol. The van der Waals surface area contributed by atoms with Gasteiger partial charge < -0.3 is 0 Å². The Labute approximate surface area is 72.4 Å². The van der Waals surface area contributed by atoms with E-state index in [1.54, 1.807) is 18.2 Å². The molecule has 0 aliphatic rings. The highest BCUT2D eigenvalue weighted by Crippen LogP contribution is 2.04. The Morgan fingerprint density at radius 1 is 1.25 bits per heavy atom. The summed E-state index contributed by atoms with van der Waals surface area (Å²) in [4.78, 5) is 0. The van der Waals surface area contributed by atoms with Crippen molar-refractivity contribution in [3.63, 3.8) is 0 Å². The Morgan fingerprint density at radius 3 is 2.50 bits per heavy atom. The molecule has 0 amide bonds. The molecule has 0 N–H and O–H groups in total. The summed E-state index contributed by atoms with van der Waals surface area (Å²) in [5.41, 5.74) is 0.478. The molecule has 12 heavy (non-hydrogen) atoms. The van der Waals surface area contributed by atoms with Crippen LogP contribution in [-0.2, 0) is 0 Å². The zero-order valence-corrected chi connectivity index (χ0v) is 7.26. The Bertz CT molecular complexity index is 315. The van der Waals surface area contributed by atoms with Gasteiger partial charge in [-0.05, 0) is 12.1 Å². The van der Waals surface area contributed by atoms with Crippen molar-refractivity contribution in [3.8, 4) is 11.8 Å². The van der Waals surface area contributed by atoms with E-state index < -0.39 is 0 Å². The molecule has 62 valence electrons. The van der Waals surface area contributed by atoms with Gasteiger partial charge in [-0.2, -0.15) is 0 Å². The first-order chi connectivity index (χ1) is 5.70. The SMILES string of the molecule is CC(C)C#Cc1ccccc1F. The van der Waals surface area contributed by atoms with Crippen LogP contribution in [0.1, 0.15) is 19.4 Å². The molecule has 1 aromatic carbocycles. The minimum absolute atomic E-state index is 0.245. The molecule has 0 unspecified atom stereocenters. The van der Waals surface area contributed by atoms with Crippen LogP contribution in [0.3, 0.4) is 0 Å². The van der Waals surface area contributed by atoms with Crippen LogP contribution < -0.4 is 0 Å². The summed E-state index contributed by atoms with van der Waals surface area (Å²) in [6.07, 6.45) is 0. The quantitative estimate of drug-likeness (QED) is 0.514. The van der Waals surface area contributed by atoms with Gasteiger partial charge in [0.1, 0.15) is 5.82 Å². The van der Waals surface area contributed by atoms with E-state index in [0.717, 1.165) is 0 Å². The third-order valence-electron chi connectivity index (χ3n) is 1.37. The second-order valence-electron chi connectivity index (χ2n) is 2.90. The third-order valence-corrected chi connectivity index (χ3v) is 1.37. The van der Waals surface area contributed by atoms with E-state index in [4.69, 9.17) is 0 Å². The molecule has 1 rings (SSSR count). The third kappa shape index (κ3) is 2.39. The Morgan fingerprint density at radius 2 is 1.92 bits per heavy atom. The van der Waals surface area contributed by atoms with E-state index in [1.807, 2.05) is 13.8 Å². The highest BCUT2D eigenvalue weighted by atomic mass is 19.1. The topological polar surface area (TPSA) is 0 Å². The molecular formula is C11H11F. The summed E-state index contributed by atoms with van der Waals surface area (Å²) >= 11 is 0. The number of rotatable bonds is 0. The van der Waals surface area contributed by atoms with E-state index in [0.29, 0.717) is 5.56 Å².